The zero-order chi connectivity index (χ0) is 24.2. The number of rotatable bonds is 6. The average molecular weight is 456 g/mol. The normalized spacial score (nSPS) is 10.6. The second-order valence-corrected chi connectivity index (χ2v) is 7.52. The molecule has 0 fully saturated rings. The van der Waals surface area contributed by atoms with Crippen molar-refractivity contribution in [2.45, 2.75) is 13.8 Å². The quantitative estimate of drug-likeness (QED) is 0.395. The highest BCUT2D eigenvalue weighted by Gasteiger charge is 2.17. The molecule has 9 heteroatoms. The summed E-state index contributed by atoms with van der Waals surface area (Å²) < 4.78 is 20.4. The zero-order valence-corrected chi connectivity index (χ0v) is 18.5. The molecular formula is C25H21FN6O2. The first-order chi connectivity index (χ1) is 16.3. The van der Waals surface area contributed by atoms with Gasteiger partial charge in [-0.15, -0.1) is 0 Å². The van der Waals surface area contributed by atoms with Crippen LogP contribution in [0.25, 0.3) is 22.4 Å². The third-order valence-electron chi connectivity index (χ3n) is 4.87. The Bertz CT molecular complexity index is 1390. The summed E-state index contributed by atoms with van der Waals surface area (Å²) >= 11 is 0. The van der Waals surface area contributed by atoms with Gasteiger partial charge >= 0.3 is 6.01 Å². The molecule has 1 amide bonds. The van der Waals surface area contributed by atoms with Gasteiger partial charge in [-0.3, -0.25) is 4.79 Å². The van der Waals surface area contributed by atoms with Crippen molar-refractivity contribution in [1.29, 1.82) is 0 Å². The van der Waals surface area contributed by atoms with Crippen LogP contribution in [0.4, 0.5) is 15.9 Å². The van der Waals surface area contributed by atoms with Gasteiger partial charge in [0, 0.05) is 28.7 Å². The first-order valence-corrected chi connectivity index (χ1v) is 10.3. The van der Waals surface area contributed by atoms with Gasteiger partial charge < -0.3 is 15.8 Å². The van der Waals surface area contributed by atoms with Crippen molar-refractivity contribution in [3.8, 4) is 34.1 Å². The van der Waals surface area contributed by atoms with E-state index in [1.54, 1.807) is 50.2 Å². The highest BCUT2D eigenvalue weighted by atomic mass is 19.1. The molecule has 4 rings (SSSR count). The first-order valence-electron chi connectivity index (χ1n) is 10.3. The van der Waals surface area contributed by atoms with Crippen LogP contribution in [-0.2, 0) is 4.79 Å². The summed E-state index contributed by atoms with van der Waals surface area (Å²) in [6, 6.07) is 13.2. The Kier molecular flexibility index (Phi) is 6.26. The van der Waals surface area contributed by atoms with Gasteiger partial charge in [-0.1, -0.05) is 24.8 Å². The maximum Gasteiger partial charge on any atom is 0.322 e. The molecule has 0 spiro atoms. The number of halogens is 1. The largest absolute Gasteiger partial charge is 0.421 e. The van der Waals surface area contributed by atoms with Crippen LogP contribution in [0.3, 0.4) is 0 Å². The molecule has 2 aromatic heterocycles. The second-order valence-electron chi connectivity index (χ2n) is 7.52. The highest BCUT2D eigenvalue weighted by Crippen LogP contribution is 2.36. The van der Waals surface area contributed by atoms with E-state index in [4.69, 9.17) is 10.5 Å². The number of anilines is 2. The number of hydrogen-bond donors (Lipinski definition) is 2. The van der Waals surface area contributed by atoms with E-state index in [9.17, 15) is 9.18 Å². The lowest BCUT2D eigenvalue weighted by Crippen LogP contribution is -2.11. The Labute approximate surface area is 195 Å². The number of hydrogen-bond acceptors (Lipinski definition) is 7. The van der Waals surface area contributed by atoms with E-state index in [-0.39, 0.29) is 23.5 Å². The number of amides is 1. The standard InChI is InChI=1S/C25H21FN6O2/c1-14(2)24(33)32-18-7-4-16(5-8-18)22-21(23(27)30-13-29-22)17-6-9-20(19(26)12-17)34-25-28-11-10-15(3)31-25/h4-13H,1H2,2-3H3,(H,32,33)(H2,27,29,30). The van der Waals surface area contributed by atoms with Crippen molar-refractivity contribution < 1.29 is 13.9 Å². The molecule has 0 saturated carbocycles. The van der Waals surface area contributed by atoms with Crippen LogP contribution in [0.5, 0.6) is 11.8 Å². The summed E-state index contributed by atoms with van der Waals surface area (Å²) in [6.07, 6.45) is 2.88. The van der Waals surface area contributed by atoms with Gasteiger partial charge in [0.05, 0.1) is 11.3 Å². The third kappa shape index (κ3) is 4.88. The summed E-state index contributed by atoms with van der Waals surface area (Å²) in [7, 11) is 0. The predicted molar refractivity (Wildman–Crippen MR) is 128 cm³/mol. The van der Waals surface area contributed by atoms with E-state index in [0.717, 1.165) is 0 Å². The van der Waals surface area contributed by atoms with E-state index in [1.807, 2.05) is 0 Å². The minimum atomic E-state index is -0.616. The molecule has 3 N–H and O–H groups in total. The number of carbonyl (C=O) groups excluding carboxylic acids is 1. The fourth-order valence-corrected chi connectivity index (χ4v) is 3.16. The lowest BCUT2D eigenvalue weighted by atomic mass is 9.99. The van der Waals surface area contributed by atoms with Crippen molar-refractivity contribution in [3.05, 3.63) is 84.7 Å². The van der Waals surface area contributed by atoms with Crippen molar-refractivity contribution in [3.63, 3.8) is 0 Å². The zero-order valence-electron chi connectivity index (χ0n) is 18.5. The number of carbonyl (C=O) groups is 1. The fraction of sp³-hybridized carbons (Fsp3) is 0.0800. The molecule has 2 aromatic carbocycles. The number of aromatic nitrogens is 4. The molecule has 0 unspecified atom stereocenters. The SMILES string of the molecule is C=C(C)C(=O)Nc1ccc(-c2ncnc(N)c2-c2ccc(Oc3nccc(C)n3)c(F)c2)cc1. The van der Waals surface area contributed by atoms with Gasteiger partial charge in [-0.05, 0) is 49.7 Å². The minimum Gasteiger partial charge on any atom is -0.421 e. The number of ether oxygens (including phenoxy) is 1. The average Bonchev–Trinajstić information content (AvgIpc) is 2.81. The third-order valence-corrected chi connectivity index (χ3v) is 4.87. The van der Waals surface area contributed by atoms with Crippen molar-refractivity contribution in [2.75, 3.05) is 11.1 Å². The maximum atomic E-state index is 14.9. The summed E-state index contributed by atoms with van der Waals surface area (Å²) in [4.78, 5) is 28.4. The van der Waals surface area contributed by atoms with Crippen LogP contribution >= 0.6 is 0 Å². The summed E-state index contributed by atoms with van der Waals surface area (Å²) in [5, 5.41) is 2.75. The lowest BCUT2D eigenvalue weighted by molar-refractivity contribution is -0.112. The molecule has 0 bridgehead atoms. The van der Waals surface area contributed by atoms with Gasteiger partial charge in [-0.2, -0.15) is 0 Å². The van der Waals surface area contributed by atoms with Crippen LogP contribution in [-0.4, -0.2) is 25.8 Å². The van der Waals surface area contributed by atoms with Gasteiger partial charge in [0.1, 0.15) is 12.1 Å². The number of benzene rings is 2. The van der Waals surface area contributed by atoms with E-state index >= 15 is 0 Å². The van der Waals surface area contributed by atoms with Gasteiger partial charge in [-0.25, -0.2) is 24.3 Å². The van der Waals surface area contributed by atoms with Crippen LogP contribution in [0.15, 0.2) is 73.2 Å². The Morgan fingerprint density at radius 2 is 1.79 bits per heavy atom. The van der Waals surface area contributed by atoms with Crippen molar-refractivity contribution in [2.24, 2.45) is 0 Å². The molecule has 0 aliphatic carbocycles. The summed E-state index contributed by atoms with van der Waals surface area (Å²) in [6.45, 7) is 7.04. The molecular weight excluding hydrogens is 435 g/mol. The Balaban J connectivity index is 1.66. The van der Waals surface area contributed by atoms with Crippen molar-refractivity contribution >= 4 is 17.4 Å². The highest BCUT2D eigenvalue weighted by molar-refractivity contribution is 6.03. The van der Waals surface area contributed by atoms with Crippen LogP contribution in [0.1, 0.15) is 12.6 Å². The molecule has 4 aromatic rings. The molecule has 170 valence electrons. The topological polar surface area (TPSA) is 116 Å². The van der Waals surface area contributed by atoms with Gasteiger partial charge in [0.2, 0.25) is 0 Å². The molecule has 0 aliphatic heterocycles. The molecule has 34 heavy (non-hydrogen) atoms. The fourth-order valence-electron chi connectivity index (χ4n) is 3.16. The molecule has 0 aliphatic rings. The van der Waals surface area contributed by atoms with E-state index < -0.39 is 5.82 Å². The van der Waals surface area contributed by atoms with Crippen molar-refractivity contribution in [1.82, 2.24) is 19.9 Å². The van der Waals surface area contributed by atoms with Crippen LogP contribution in [0.2, 0.25) is 0 Å². The molecule has 0 radical (unpaired) electrons. The Morgan fingerprint density at radius 1 is 1.06 bits per heavy atom. The van der Waals surface area contributed by atoms with Gasteiger partial charge in [0.15, 0.2) is 11.6 Å². The Morgan fingerprint density at radius 3 is 2.47 bits per heavy atom. The minimum absolute atomic E-state index is 0.0241. The van der Waals surface area contributed by atoms with E-state index in [2.05, 4.69) is 31.8 Å². The van der Waals surface area contributed by atoms with E-state index in [1.165, 1.54) is 24.7 Å². The number of nitrogens with one attached hydrogen (secondary N) is 1. The molecule has 0 atom stereocenters. The predicted octanol–water partition coefficient (Wildman–Crippen LogP) is 4.94. The summed E-state index contributed by atoms with van der Waals surface area (Å²) in [5.41, 5.74) is 10.0. The number of nitrogens with zero attached hydrogens (tertiary/aromatic N) is 4. The number of nitrogens with two attached hydrogens (primary N) is 1. The van der Waals surface area contributed by atoms with Crippen LogP contribution in [0, 0.1) is 12.7 Å². The first kappa shape index (κ1) is 22.5. The number of aryl methyl sites for hydroxylation is 1. The maximum absolute atomic E-state index is 14.9. The summed E-state index contributed by atoms with van der Waals surface area (Å²) in [5.74, 6) is -0.716. The number of nitrogen functional groups attached to an aromatic ring is 1. The van der Waals surface area contributed by atoms with Crippen LogP contribution < -0.4 is 15.8 Å². The molecule has 2 heterocycles. The second kappa shape index (κ2) is 9.45. The Hall–Kier alpha value is -4.66. The lowest BCUT2D eigenvalue weighted by Gasteiger charge is -2.13. The molecule has 0 saturated heterocycles. The smallest absolute Gasteiger partial charge is 0.322 e. The monoisotopic (exact) mass is 456 g/mol. The van der Waals surface area contributed by atoms with E-state index in [0.29, 0.717) is 39.3 Å². The molecule has 8 nitrogen and oxygen atoms in total. The van der Waals surface area contributed by atoms with Gasteiger partial charge in [0.25, 0.3) is 5.91 Å².